The van der Waals surface area contributed by atoms with Crippen LogP contribution in [-0.2, 0) is 15.9 Å². The van der Waals surface area contributed by atoms with Crippen molar-refractivity contribution >= 4 is 54.7 Å². The number of Topliss-reactive ketones (excluding diaryl/α,β-unsaturated/α-hetero) is 1. The van der Waals surface area contributed by atoms with Crippen LogP contribution >= 0.6 is 13.5 Å². The number of rotatable bonds is 5. The quantitative estimate of drug-likeness (QED) is 0.642. The molecule has 1 aromatic heterocycles. The van der Waals surface area contributed by atoms with E-state index in [9.17, 15) is 9.82 Å². The van der Waals surface area contributed by atoms with Crippen LogP contribution in [0.3, 0.4) is 0 Å². The van der Waals surface area contributed by atoms with E-state index in [1.807, 2.05) is 24.3 Å². The Morgan fingerprint density at radius 3 is 2.86 bits per heavy atom. The van der Waals surface area contributed by atoms with Crippen molar-refractivity contribution in [3.05, 3.63) is 66.0 Å². The molecule has 3 aromatic rings. The Labute approximate surface area is 170 Å². The molecular formula is C20H20BN3O3S. The van der Waals surface area contributed by atoms with Crippen LogP contribution in [0.25, 0.3) is 10.8 Å². The fourth-order valence-corrected chi connectivity index (χ4v) is 3.34. The first-order valence-corrected chi connectivity index (χ1v) is 8.71. The van der Waals surface area contributed by atoms with E-state index in [1.54, 1.807) is 30.6 Å². The van der Waals surface area contributed by atoms with Crippen molar-refractivity contribution in [3.8, 4) is 0 Å². The highest BCUT2D eigenvalue weighted by molar-refractivity contribution is 7.59. The number of nitrogens with zero attached hydrogens (tertiary/aromatic N) is 2. The molecule has 2 aromatic carbocycles. The van der Waals surface area contributed by atoms with Crippen LogP contribution in [-0.4, -0.2) is 35.9 Å². The number of pyridine rings is 1. The number of nitrogens with two attached hydrogens (primary N) is 1. The molecule has 0 fully saturated rings. The molecule has 6 nitrogen and oxygen atoms in total. The lowest BCUT2D eigenvalue weighted by Crippen LogP contribution is -2.36. The molecule has 1 aliphatic heterocycles. The summed E-state index contributed by atoms with van der Waals surface area (Å²) in [6, 6.07) is 13.2. The van der Waals surface area contributed by atoms with Crippen LogP contribution in [0.4, 0.5) is 5.69 Å². The van der Waals surface area contributed by atoms with Gasteiger partial charge in [-0.2, -0.15) is 13.5 Å². The van der Waals surface area contributed by atoms with Gasteiger partial charge in [0.1, 0.15) is 5.78 Å². The third-order valence-corrected chi connectivity index (χ3v) is 4.81. The van der Waals surface area contributed by atoms with Gasteiger partial charge in [-0.25, -0.2) is 4.99 Å². The van der Waals surface area contributed by atoms with E-state index < -0.39 is 13.0 Å². The van der Waals surface area contributed by atoms with Crippen LogP contribution in [0.15, 0.2) is 59.9 Å². The van der Waals surface area contributed by atoms with Crippen molar-refractivity contribution < 1.29 is 14.5 Å². The summed E-state index contributed by atoms with van der Waals surface area (Å²) in [6.45, 7) is 0.206. The van der Waals surface area contributed by atoms with Gasteiger partial charge in [-0.15, -0.1) is 0 Å². The van der Waals surface area contributed by atoms with Crippen molar-refractivity contribution in [1.29, 1.82) is 0 Å². The van der Waals surface area contributed by atoms with Crippen LogP contribution in [0.1, 0.15) is 17.0 Å². The average Bonchev–Trinajstić information content (AvgIpc) is 2.68. The molecule has 0 aliphatic carbocycles. The minimum Gasteiger partial charge on any atom is -0.524 e. The van der Waals surface area contributed by atoms with Gasteiger partial charge in [0, 0.05) is 36.2 Å². The van der Waals surface area contributed by atoms with Crippen molar-refractivity contribution in [2.45, 2.75) is 12.3 Å². The van der Waals surface area contributed by atoms with Crippen molar-refractivity contribution in [1.82, 2.24) is 4.98 Å². The summed E-state index contributed by atoms with van der Waals surface area (Å²) in [4.78, 5) is 21.1. The number of ketones is 1. The lowest BCUT2D eigenvalue weighted by Gasteiger charge is -2.18. The molecule has 2 heterocycles. The maximum Gasteiger partial charge on any atom is 0.562 e. The van der Waals surface area contributed by atoms with Gasteiger partial charge < -0.3 is 15.4 Å². The van der Waals surface area contributed by atoms with E-state index in [-0.39, 0.29) is 25.8 Å². The summed E-state index contributed by atoms with van der Waals surface area (Å²) >= 11 is 0. The molecule has 4 rings (SSSR count). The number of benzene rings is 2. The molecule has 0 saturated carbocycles. The topological polar surface area (TPSA) is 97.8 Å². The summed E-state index contributed by atoms with van der Waals surface area (Å²) in [6.07, 6.45) is 5.05. The number of carbonyl (C=O) groups is 1. The molecule has 0 radical (unpaired) electrons. The molecule has 142 valence electrons. The maximum absolute atomic E-state index is 12.9. The minimum absolute atomic E-state index is 0. The Kier molecular flexibility index (Phi) is 6.13. The number of aromatic nitrogens is 1. The normalized spacial score (nSPS) is 13.4. The van der Waals surface area contributed by atoms with E-state index in [2.05, 4.69) is 9.98 Å². The number of hydrogen-bond acceptors (Lipinski definition) is 6. The molecule has 1 aliphatic rings. The zero-order valence-electron chi connectivity index (χ0n) is 15.1. The maximum atomic E-state index is 12.9. The van der Waals surface area contributed by atoms with E-state index in [4.69, 9.17) is 10.4 Å². The second kappa shape index (κ2) is 8.56. The Balaban J connectivity index is 0.00000225. The Hall–Kier alpha value is -2.68. The smallest absolute Gasteiger partial charge is 0.524 e. The number of hydrogen-bond donors (Lipinski definition) is 2. The summed E-state index contributed by atoms with van der Waals surface area (Å²) in [5.41, 5.74) is 8.81. The molecular weight excluding hydrogens is 373 g/mol. The summed E-state index contributed by atoms with van der Waals surface area (Å²) in [7, 11) is -1.04. The highest BCUT2D eigenvalue weighted by atomic mass is 32.1. The lowest BCUT2D eigenvalue weighted by molar-refractivity contribution is -0.119. The fourth-order valence-electron chi connectivity index (χ4n) is 3.34. The molecule has 0 unspecified atom stereocenters. The third-order valence-electron chi connectivity index (χ3n) is 4.81. The Morgan fingerprint density at radius 2 is 2.04 bits per heavy atom. The standard InChI is InChI=1S/C20H18BN3O3.H2S/c22-10-17(15-3-4-18-19(9-15)24-12-27-21(18)26)20(25)8-13-1-2-16-11-23-6-5-14(16)7-13;/h1-7,9,11-12,17,26H,8,10,22H2;1H2/t17-;/m1./s1. The monoisotopic (exact) mass is 393 g/mol. The van der Waals surface area contributed by atoms with Gasteiger partial charge in [0.05, 0.1) is 11.6 Å². The Bertz CT molecular complexity index is 1040. The molecule has 0 amide bonds. The summed E-state index contributed by atoms with van der Waals surface area (Å²) in [5, 5.41) is 11.9. The zero-order chi connectivity index (χ0) is 18.8. The van der Waals surface area contributed by atoms with Crippen molar-refractivity contribution in [2.75, 3.05) is 6.54 Å². The van der Waals surface area contributed by atoms with Gasteiger partial charge >= 0.3 is 7.12 Å². The number of fused-ring (bicyclic) bond motifs is 2. The first kappa shape index (κ1) is 20.1. The van der Waals surface area contributed by atoms with E-state index in [1.165, 1.54) is 6.40 Å². The predicted octanol–water partition coefficient (Wildman–Crippen LogP) is 1.58. The average molecular weight is 393 g/mol. The van der Waals surface area contributed by atoms with Gasteiger partial charge in [-0.3, -0.25) is 9.78 Å². The SMILES string of the molecule is NC[C@@H](C(=O)Cc1ccc2cnccc2c1)c1ccc2c(c1)N=COB2O.S. The molecule has 3 N–H and O–H groups in total. The van der Waals surface area contributed by atoms with E-state index in [0.29, 0.717) is 17.6 Å². The van der Waals surface area contributed by atoms with Gasteiger partial charge in [-0.1, -0.05) is 30.3 Å². The number of carbonyl (C=O) groups excluding carboxylic acids is 1. The molecule has 1 atom stereocenters. The molecule has 0 bridgehead atoms. The van der Waals surface area contributed by atoms with Crippen molar-refractivity contribution in [2.24, 2.45) is 10.7 Å². The van der Waals surface area contributed by atoms with E-state index in [0.717, 1.165) is 21.9 Å². The van der Waals surface area contributed by atoms with Crippen LogP contribution < -0.4 is 11.2 Å². The van der Waals surface area contributed by atoms with Crippen molar-refractivity contribution in [3.63, 3.8) is 0 Å². The highest BCUT2D eigenvalue weighted by Crippen LogP contribution is 2.24. The second-order valence-corrected chi connectivity index (χ2v) is 6.53. The molecule has 0 saturated heterocycles. The number of aliphatic imine (C=N–C) groups is 1. The first-order chi connectivity index (χ1) is 13.2. The van der Waals surface area contributed by atoms with Gasteiger partial charge in [0.15, 0.2) is 6.40 Å². The largest absolute Gasteiger partial charge is 0.562 e. The van der Waals surface area contributed by atoms with Gasteiger partial charge in [0.25, 0.3) is 0 Å². The highest BCUT2D eigenvalue weighted by Gasteiger charge is 2.27. The predicted molar refractivity (Wildman–Crippen MR) is 116 cm³/mol. The first-order valence-electron chi connectivity index (χ1n) is 8.71. The summed E-state index contributed by atoms with van der Waals surface area (Å²) in [5.74, 6) is -0.388. The lowest BCUT2D eigenvalue weighted by atomic mass is 9.76. The van der Waals surface area contributed by atoms with Crippen LogP contribution in [0.2, 0.25) is 0 Å². The zero-order valence-corrected chi connectivity index (χ0v) is 16.1. The summed E-state index contributed by atoms with van der Waals surface area (Å²) < 4.78 is 4.96. The molecule has 8 heteroatoms. The van der Waals surface area contributed by atoms with E-state index >= 15 is 0 Å². The second-order valence-electron chi connectivity index (χ2n) is 6.53. The fraction of sp³-hybridized carbons (Fsp3) is 0.150. The Morgan fingerprint density at radius 1 is 1.18 bits per heavy atom. The van der Waals surface area contributed by atoms with Gasteiger partial charge in [0.2, 0.25) is 0 Å². The van der Waals surface area contributed by atoms with Gasteiger partial charge in [-0.05, 0) is 28.6 Å². The molecule has 28 heavy (non-hydrogen) atoms. The minimum atomic E-state index is -1.04. The molecule has 0 spiro atoms. The van der Waals surface area contributed by atoms with Crippen LogP contribution in [0, 0.1) is 0 Å². The third kappa shape index (κ3) is 3.94. The van der Waals surface area contributed by atoms with Crippen LogP contribution in [0.5, 0.6) is 0 Å².